The van der Waals surface area contributed by atoms with E-state index < -0.39 is 31.6 Å². The Bertz CT molecular complexity index is 885. The fourth-order valence-corrected chi connectivity index (χ4v) is 2.74. The molecule has 0 fully saturated rings. The largest absolute Gasteiger partial charge is 0.481 e. The molecule has 1 heterocycles. The molecule has 12 heteroatoms. The molecule has 24 heavy (non-hydrogen) atoms. The monoisotopic (exact) mass is 353 g/mol. The molecule has 0 bridgehead atoms. The molecule has 1 aromatic heterocycles. The third-order valence-electron chi connectivity index (χ3n) is 2.64. The van der Waals surface area contributed by atoms with Crippen LogP contribution in [-0.2, 0) is 10.0 Å². The van der Waals surface area contributed by atoms with Crippen LogP contribution in [0.2, 0.25) is 0 Å². The van der Waals surface area contributed by atoms with Crippen molar-refractivity contribution < 1.29 is 22.9 Å². The maximum Gasteiger partial charge on any atom is 0.335 e. The molecule has 1 aromatic carbocycles. The maximum absolute atomic E-state index is 12.1. The average Bonchev–Trinajstić information content (AvgIpc) is 2.54. The topological polar surface area (TPSA) is 153 Å². The summed E-state index contributed by atoms with van der Waals surface area (Å²) in [5.74, 6) is -0.0496. The number of amides is 2. The van der Waals surface area contributed by atoms with E-state index in [1.807, 2.05) is 0 Å². The molecule has 0 saturated heterocycles. The minimum Gasteiger partial charge on any atom is -0.481 e. The molecular weight excluding hydrogens is 342 g/mol. The van der Waals surface area contributed by atoms with E-state index in [1.54, 1.807) is 4.72 Å². The molecule has 2 rings (SSSR count). The molecule has 0 aliphatic heterocycles. The number of aromatic nitrogens is 2. The number of sulfonamides is 1. The number of nitrogens with one attached hydrogen (secondary N) is 2. The normalized spacial score (nSPS) is 10.7. The van der Waals surface area contributed by atoms with E-state index in [0.29, 0.717) is 0 Å². The first-order valence-electron chi connectivity index (χ1n) is 6.28. The lowest BCUT2D eigenvalue weighted by molar-refractivity contribution is -0.387. The predicted octanol–water partition coefficient (Wildman–Crippen LogP) is 0.904. The van der Waals surface area contributed by atoms with Crippen molar-refractivity contribution in [3.05, 3.63) is 46.6 Å². The first-order chi connectivity index (χ1) is 11.3. The average molecular weight is 353 g/mol. The van der Waals surface area contributed by atoms with Gasteiger partial charge < -0.3 is 4.74 Å². The number of urea groups is 1. The van der Waals surface area contributed by atoms with Gasteiger partial charge in [0.25, 0.3) is 15.7 Å². The number of benzene rings is 1. The van der Waals surface area contributed by atoms with Gasteiger partial charge in [0.05, 0.1) is 12.0 Å². The van der Waals surface area contributed by atoms with E-state index in [4.69, 9.17) is 4.74 Å². The third kappa shape index (κ3) is 3.92. The lowest BCUT2D eigenvalue weighted by Crippen LogP contribution is -2.35. The zero-order chi connectivity index (χ0) is 17.7. The van der Waals surface area contributed by atoms with Gasteiger partial charge in [0.15, 0.2) is 4.90 Å². The van der Waals surface area contributed by atoms with Crippen LogP contribution >= 0.6 is 0 Å². The molecule has 2 aromatic rings. The predicted molar refractivity (Wildman–Crippen MR) is 81.0 cm³/mol. The minimum atomic E-state index is -4.46. The molecule has 0 atom stereocenters. The van der Waals surface area contributed by atoms with Crippen molar-refractivity contribution >= 4 is 27.7 Å². The molecular formula is C12H11N5O6S. The second-order valence-electron chi connectivity index (χ2n) is 4.21. The van der Waals surface area contributed by atoms with Crippen molar-refractivity contribution in [2.45, 2.75) is 4.90 Å². The van der Waals surface area contributed by atoms with Crippen molar-refractivity contribution in [1.29, 1.82) is 0 Å². The second-order valence-corrected chi connectivity index (χ2v) is 5.86. The van der Waals surface area contributed by atoms with E-state index >= 15 is 0 Å². The summed E-state index contributed by atoms with van der Waals surface area (Å²) in [4.78, 5) is 28.7. The van der Waals surface area contributed by atoms with Crippen LogP contribution < -0.4 is 14.8 Å². The highest BCUT2D eigenvalue weighted by atomic mass is 32.2. The highest BCUT2D eigenvalue weighted by Crippen LogP contribution is 2.22. The number of carbonyl (C=O) groups excluding carboxylic acids is 1. The number of nitro benzene ring substituents is 1. The number of ether oxygens (including phenoxy) is 1. The number of anilines is 1. The van der Waals surface area contributed by atoms with Crippen LogP contribution in [0.5, 0.6) is 5.88 Å². The Kier molecular flexibility index (Phi) is 4.89. The van der Waals surface area contributed by atoms with E-state index in [2.05, 4.69) is 15.3 Å². The Morgan fingerprint density at radius 2 is 2.00 bits per heavy atom. The van der Waals surface area contributed by atoms with Gasteiger partial charge in [-0.2, -0.15) is 4.98 Å². The summed E-state index contributed by atoms with van der Waals surface area (Å²) >= 11 is 0. The molecule has 0 spiro atoms. The van der Waals surface area contributed by atoms with Crippen LogP contribution in [0.3, 0.4) is 0 Å². The van der Waals surface area contributed by atoms with Crippen LogP contribution in [0, 0.1) is 10.1 Å². The van der Waals surface area contributed by atoms with Crippen molar-refractivity contribution in [3.63, 3.8) is 0 Å². The molecule has 2 N–H and O–H groups in total. The quantitative estimate of drug-likeness (QED) is 0.594. The standard InChI is InChI=1S/C12H11N5O6S/c1-23-10-6-7-13-11(14-10)15-12(18)16-24(21,22)9-5-3-2-4-8(9)17(19)20/h2-7H,1H3,(H2,13,14,15,16,18). The fourth-order valence-electron chi connectivity index (χ4n) is 1.66. The number of nitro groups is 1. The van der Waals surface area contributed by atoms with E-state index in [9.17, 15) is 23.3 Å². The minimum absolute atomic E-state index is 0.154. The van der Waals surface area contributed by atoms with Gasteiger partial charge in [0.2, 0.25) is 11.8 Å². The van der Waals surface area contributed by atoms with Gasteiger partial charge in [-0.1, -0.05) is 12.1 Å². The number of hydrogen-bond donors (Lipinski definition) is 2. The van der Waals surface area contributed by atoms with Gasteiger partial charge in [-0.05, 0) is 6.07 Å². The van der Waals surface area contributed by atoms with E-state index in [0.717, 1.165) is 12.1 Å². The molecule has 11 nitrogen and oxygen atoms in total. The SMILES string of the molecule is COc1ccnc(NC(=O)NS(=O)(=O)c2ccccc2[N+](=O)[O-])n1. The van der Waals surface area contributed by atoms with E-state index in [1.165, 1.54) is 31.5 Å². The highest BCUT2D eigenvalue weighted by molar-refractivity contribution is 7.90. The Morgan fingerprint density at radius 3 is 2.67 bits per heavy atom. The van der Waals surface area contributed by atoms with Gasteiger partial charge in [0, 0.05) is 18.3 Å². The van der Waals surface area contributed by atoms with Gasteiger partial charge in [0.1, 0.15) is 0 Å². The van der Waals surface area contributed by atoms with Gasteiger partial charge >= 0.3 is 6.03 Å². The number of rotatable bonds is 5. The van der Waals surface area contributed by atoms with Gasteiger partial charge in [-0.15, -0.1) is 0 Å². The number of hydrogen-bond acceptors (Lipinski definition) is 8. The van der Waals surface area contributed by atoms with Crippen molar-refractivity contribution in [3.8, 4) is 5.88 Å². The lowest BCUT2D eigenvalue weighted by Gasteiger charge is -2.08. The second kappa shape index (κ2) is 6.87. The van der Waals surface area contributed by atoms with Gasteiger partial charge in [-0.25, -0.2) is 22.9 Å². The fraction of sp³-hybridized carbons (Fsp3) is 0.0833. The van der Waals surface area contributed by atoms with Crippen molar-refractivity contribution in [1.82, 2.24) is 14.7 Å². The highest BCUT2D eigenvalue weighted by Gasteiger charge is 2.27. The zero-order valence-corrected chi connectivity index (χ0v) is 13.0. The lowest BCUT2D eigenvalue weighted by atomic mass is 10.3. The van der Waals surface area contributed by atoms with Crippen LogP contribution in [0.4, 0.5) is 16.4 Å². The Hall–Kier alpha value is -3.28. The Morgan fingerprint density at radius 1 is 1.29 bits per heavy atom. The first-order valence-corrected chi connectivity index (χ1v) is 7.76. The number of carbonyl (C=O) groups is 1. The third-order valence-corrected chi connectivity index (χ3v) is 4.02. The summed E-state index contributed by atoms with van der Waals surface area (Å²) in [6.07, 6.45) is 1.29. The summed E-state index contributed by atoms with van der Waals surface area (Å²) in [6.45, 7) is 0. The molecule has 2 amide bonds. The van der Waals surface area contributed by atoms with Crippen molar-refractivity contribution in [2.75, 3.05) is 12.4 Å². The maximum atomic E-state index is 12.1. The summed E-state index contributed by atoms with van der Waals surface area (Å²) in [5, 5.41) is 13.0. The van der Waals surface area contributed by atoms with Gasteiger partial charge in [-0.3, -0.25) is 15.4 Å². The van der Waals surface area contributed by atoms with Crippen LogP contribution in [0.1, 0.15) is 0 Å². The number of nitrogens with zero attached hydrogens (tertiary/aromatic N) is 3. The van der Waals surface area contributed by atoms with E-state index in [-0.39, 0.29) is 11.8 Å². The number of methoxy groups -OCH3 is 1. The van der Waals surface area contributed by atoms with Crippen LogP contribution in [0.15, 0.2) is 41.4 Å². The number of para-hydroxylation sites is 1. The summed E-state index contributed by atoms with van der Waals surface area (Å²) in [7, 11) is -3.11. The molecule has 0 aliphatic carbocycles. The zero-order valence-electron chi connectivity index (χ0n) is 12.2. The smallest absolute Gasteiger partial charge is 0.335 e. The summed E-state index contributed by atoms with van der Waals surface area (Å²) in [5.41, 5.74) is -0.657. The first kappa shape index (κ1) is 17.1. The molecule has 126 valence electrons. The Balaban J connectivity index is 2.20. The molecule has 0 unspecified atom stereocenters. The molecule has 0 radical (unpaired) electrons. The van der Waals surface area contributed by atoms with Crippen LogP contribution in [-0.4, -0.2) is 36.4 Å². The molecule has 0 aliphatic rings. The summed E-state index contributed by atoms with van der Waals surface area (Å²) < 4.78 is 30.8. The van der Waals surface area contributed by atoms with Crippen LogP contribution in [0.25, 0.3) is 0 Å². The molecule has 0 saturated carbocycles. The van der Waals surface area contributed by atoms with Crippen molar-refractivity contribution in [2.24, 2.45) is 0 Å². The Labute approximate surface area is 135 Å². The summed E-state index contributed by atoms with van der Waals surface area (Å²) in [6, 6.07) is 4.87.